The average molecular weight is 378 g/mol. The molecule has 5 heteroatoms. The number of hydrogen-bond acceptors (Lipinski definition) is 4. The van der Waals surface area contributed by atoms with Crippen molar-refractivity contribution in [2.24, 2.45) is 0 Å². The SMILES string of the molecule is N#Cc1cccc(C(c2cccc(=O)[nH]2)C(c2cccnc2)c2cccnc2)c1. The molecule has 29 heavy (non-hydrogen) atoms. The van der Waals surface area contributed by atoms with Crippen molar-refractivity contribution in [2.75, 3.05) is 0 Å². The van der Waals surface area contributed by atoms with Crippen LogP contribution < -0.4 is 5.56 Å². The van der Waals surface area contributed by atoms with E-state index in [9.17, 15) is 10.1 Å². The third kappa shape index (κ3) is 3.97. The number of hydrogen-bond donors (Lipinski definition) is 1. The lowest BCUT2D eigenvalue weighted by molar-refractivity contribution is 0.667. The molecule has 0 saturated carbocycles. The van der Waals surface area contributed by atoms with Gasteiger partial charge in [0.05, 0.1) is 11.6 Å². The third-order valence-corrected chi connectivity index (χ3v) is 4.92. The Bertz CT molecular complexity index is 1160. The first-order valence-electron chi connectivity index (χ1n) is 9.25. The van der Waals surface area contributed by atoms with Crippen LogP contribution in [0.15, 0.2) is 96.3 Å². The Morgan fingerprint density at radius 2 is 1.45 bits per heavy atom. The molecule has 3 aromatic heterocycles. The molecular formula is C24H18N4O. The van der Waals surface area contributed by atoms with E-state index in [-0.39, 0.29) is 17.4 Å². The molecule has 1 N–H and O–H groups in total. The van der Waals surface area contributed by atoms with E-state index >= 15 is 0 Å². The van der Waals surface area contributed by atoms with Crippen LogP contribution >= 0.6 is 0 Å². The molecule has 0 radical (unpaired) electrons. The molecule has 1 atom stereocenters. The van der Waals surface area contributed by atoms with Crippen molar-refractivity contribution in [1.82, 2.24) is 15.0 Å². The molecule has 0 fully saturated rings. The summed E-state index contributed by atoms with van der Waals surface area (Å²) < 4.78 is 0. The van der Waals surface area contributed by atoms with E-state index in [1.54, 1.807) is 24.5 Å². The van der Waals surface area contributed by atoms with Gasteiger partial charge in [-0.1, -0.05) is 30.3 Å². The molecule has 0 bridgehead atoms. The number of benzene rings is 1. The van der Waals surface area contributed by atoms with Crippen LogP contribution in [0, 0.1) is 11.3 Å². The molecule has 140 valence electrons. The maximum Gasteiger partial charge on any atom is 0.248 e. The minimum Gasteiger partial charge on any atom is -0.326 e. The average Bonchev–Trinajstić information content (AvgIpc) is 2.78. The van der Waals surface area contributed by atoms with Crippen LogP contribution in [0.5, 0.6) is 0 Å². The molecule has 0 aliphatic rings. The van der Waals surface area contributed by atoms with Gasteiger partial charge in [-0.05, 0) is 47.0 Å². The predicted molar refractivity (Wildman–Crippen MR) is 110 cm³/mol. The maximum atomic E-state index is 12.1. The van der Waals surface area contributed by atoms with E-state index in [2.05, 4.69) is 21.0 Å². The second kappa shape index (κ2) is 8.32. The van der Waals surface area contributed by atoms with Gasteiger partial charge in [0.15, 0.2) is 0 Å². The van der Waals surface area contributed by atoms with Gasteiger partial charge in [0.25, 0.3) is 0 Å². The number of nitrogens with zero attached hydrogens (tertiary/aromatic N) is 3. The van der Waals surface area contributed by atoms with E-state index in [0.29, 0.717) is 5.56 Å². The Hall–Kier alpha value is -4.04. The summed E-state index contributed by atoms with van der Waals surface area (Å²) in [5, 5.41) is 9.40. The lowest BCUT2D eigenvalue weighted by atomic mass is 9.76. The monoisotopic (exact) mass is 378 g/mol. The summed E-state index contributed by atoms with van der Waals surface area (Å²) in [5.41, 5.74) is 4.10. The Kier molecular flexibility index (Phi) is 5.26. The first-order chi connectivity index (χ1) is 14.3. The molecule has 4 rings (SSSR count). The first-order valence-corrected chi connectivity index (χ1v) is 9.25. The van der Waals surface area contributed by atoms with Gasteiger partial charge < -0.3 is 4.98 Å². The van der Waals surface area contributed by atoms with Crippen molar-refractivity contribution >= 4 is 0 Å². The van der Waals surface area contributed by atoms with Gasteiger partial charge in [-0.2, -0.15) is 5.26 Å². The number of aromatic amines is 1. The molecule has 0 aliphatic carbocycles. The van der Waals surface area contributed by atoms with Crippen molar-refractivity contribution in [3.8, 4) is 6.07 Å². The topological polar surface area (TPSA) is 82.4 Å². The molecule has 1 unspecified atom stereocenters. The number of H-pyrrole nitrogens is 1. The number of nitriles is 1. The first kappa shape index (κ1) is 18.3. The predicted octanol–water partition coefficient (Wildman–Crippen LogP) is 4.00. The number of pyridine rings is 3. The summed E-state index contributed by atoms with van der Waals surface area (Å²) in [7, 11) is 0. The fourth-order valence-corrected chi connectivity index (χ4v) is 3.70. The summed E-state index contributed by atoms with van der Waals surface area (Å²) in [6, 6.07) is 22.7. The van der Waals surface area contributed by atoms with Crippen LogP contribution in [-0.2, 0) is 0 Å². The largest absolute Gasteiger partial charge is 0.326 e. The van der Waals surface area contributed by atoms with Crippen LogP contribution in [0.4, 0.5) is 0 Å². The van der Waals surface area contributed by atoms with Crippen LogP contribution in [0.1, 0.15) is 39.8 Å². The molecule has 1 aromatic carbocycles. The summed E-state index contributed by atoms with van der Waals surface area (Å²) in [6.07, 6.45) is 7.14. The maximum absolute atomic E-state index is 12.1. The normalized spacial score (nSPS) is 11.7. The van der Waals surface area contributed by atoms with Crippen LogP contribution in [0.3, 0.4) is 0 Å². The highest BCUT2D eigenvalue weighted by molar-refractivity contribution is 5.44. The van der Waals surface area contributed by atoms with E-state index in [0.717, 1.165) is 22.4 Å². The van der Waals surface area contributed by atoms with E-state index in [4.69, 9.17) is 0 Å². The molecule has 4 aromatic rings. The van der Waals surface area contributed by atoms with Crippen molar-refractivity contribution in [2.45, 2.75) is 11.8 Å². The minimum atomic E-state index is -0.231. The van der Waals surface area contributed by atoms with Crippen molar-refractivity contribution < 1.29 is 0 Å². The quantitative estimate of drug-likeness (QED) is 0.569. The van der Waals surface area contributed by atoms with Gasteiger partial charge in [-0.25, -0.2) is 0 Å². The van der Waals surface area contributed by atoms with Crippen molar-refractivity contribution in [3.63, 3.8) is 0 Å². The zero-order valence-electron chi connectivity index (χ0n) is 15.6. The summed E-state index contributed by atoms with van der Waals surface area (Å²) in [6.45, 7) is 0. The molecular weight excluding hydrogens is 360 g/mol. The highest BCUT2D eigenvalue weighted by Crippen LogP contribution is 2.41. The van der Waals surface area contributed by atoms with E-state index < -0.39 is 0 Å². The Morgan fingerprint density at radius 1 is 0.793 bits per heavy atom. The molecule has 5 nitrogen and oxygen atoms in total. The highest BCUT2D eigenvalue weighted by Gasteiger charge is 2.29. The number of aromatic nitrogens is 3. The fraction of sp³-hybridized carbons (Fsp3) is 0.0833. The Labute approximate surface area is 168 Å². The van der Waals surface area contributed by atoms with Gasteiger partial charge in [-0.15, -0.1) is 0 Å². The Balaban J connectivity index is 1.98. The molecule has 0 amide bonds. The molecule has 0 spiro atoms. The zero-order chi connectivity index (χ0) is 20.1. The number of nitrogens with one attached hydrogen (secondary N) is 1. The lowest BCUT2D eigenvalue weighted by Crippen LogP contribution is -2.19. The van der Waals surface area contributed by atoms with Gasteiger partial charge >= 0.3 is 0 Å². The van der Waals surface area contributed by atoms with Gasteiger partial charge in [-0.3, -0.25) is 14.8 Å². The zero-order valence-corrected chi connectivity index (χ0v) is 15.6. The standard InChI is InChI=1S/C24H18N4O/c25-14-17-5-1-6-18(13-17)24(21-9-2-10-22(29)28-21)23(19-7-3-11-26-15-19)20-8-4-12-27-16-20/h1-13,15-16,23-24H,(H,28,29). The van der Waals surface area contributed by atoms with Crippen LogP contribution in [-0.4, -0.2) is 15.0 Å². The van der Waals surface area contributed by atoms with Gasteiger partial charge in [0, 0.05) is 48.4 Å². The van der Waals surface area contributed by atoms with Crippen molar-refractivity contribution in [3.05, 3.63) is 130 Å². The van der Waals surface area contributed by atoms with Gasteiger partial charge in [0.2, 0.25) is 5.56 Å². The smallest absolute Gasteiger partial charge is 0.248 e. The van der Waals surface area contributed by atoms with Crippen molar-refractivity contribution in [1.29, 1.82) is 5.26 Å². The highest BCUT2D eigenvalue weighted by atomic mass is 16.1. The molecule has 0 aliphatic heterocycles. The van der Waals surface area contributed by atoms with E-state index in [1.807, 2.05) is 60.9 Å². The summed E-state index contributed by atoms with van der Waals surface area (Å²) >= 11 is 0. The molecule has 0 saturated heterocycles. The summed E-state index contributed by atoms with van der Waals surface area (Å²) in [4.78, 5) is 23.7. The molecule has 3 heterocycles. The third-order valence-electron chi connectivity index (χ3n) is 4.92. The number of rotatable bonds is 5. The van der Waals surface area contributed by atoms with Crippen LogP contribution in [0.25, 0.3) is 0 Å². The second-order valence-electron chi connectivity index (χ2n) is 6.74. The lowest BCUT2D eigenvalue weighted by Gasteiger charge is -2.28. The Morgan fingerprint density at radius 3 is 2.03 bits per heavy atom. The van der Waals surface area contributed by atoms with Gasteiger partial charge in [0.1, 0.15) is 0 Å². The summed E-state index contributed by atoms with van der Waals surface area (Å²) in [5.74, 6) is -0.380. The van der Waals surface area contributed by atoms with E-state index in [1.165, 1.54) is 6.07 Å². The second-order valence-corrected chi connectivity index (χ2v) is 6.74. The fourth-order valence-electron chi connectivity index (χ4n) is 3.70. The minimum absolute atomic E-state index is 0.149. The van der Waals surface area contributed by atoms with Crippen LogP contribution in [0.2, 0.25) is 0 Å².